The number of anilines is 1. The van der Waals surface area contributed by atoms with Crippen molar-refractivity contribution in [2.75, 3.05) is 25.1 Å². The molecule has 1 aliphatic rings. The summed E-state index contributed by atoms with van der Waals surface area (Å²) in [7, 11) is 0. The minimum atomic E-state index is -1.13. The summed E-state index contributed by atoms with van der Waals surface area (Å²) in [6, 6.07) is 4.47. The van der Waals surface area contributed by atoms with E-state index in [4.69, 9.17) is 4.74 Å². The van der Waals surface area contributed by atoms with Gasteiger partial charge in [0.25, 0.3) is 5.91 Å². The highest BCUT2D eigenvalue weighted by Crippen LogP contribution is 2.20. The van der Waals surface area contributed by atoms with Crippen LogP contribution in [0, 0.1) is 13.8 Å². The van der Waals surface area contributed by atoms with Crippen molar-refractivity contribution in [2.45, 2.75) is 58.4 Å². The standard InChI is InChI=1S/C24H32N4O5/c1-15-14-20(29)26-16(2)21(15)23(30)28-19(24(31)32)10-13-33-12-4-3-7-18-9-8-17-6-5-11-25-22(17)27-18/h8-9,14,19H,3-7,10-13H2,1-2H3,(H,25,27)(H,26,29)(H,28,30)(H,31,32). The van der Waals surface area contributed by atoms with Gasteiger partial charge >= 0.3 is 5.97 Å². The molecule has 3 heterocycles. The average molecular weight is 457 g/mol. The van der Waals surface area contributed by atoms with E-state index in [9.17, 15) is 19.5 Å². The first-order valence-electron chi connectivity index (χ1n) is 11.4. The van der Waals surface area contributed by atoms with Gasteiger partial charge < -0.3 is 25.5 Å². The van der Waals surface area contributed by atoms with E-state index in [1.165, 1.54) is 11.6 Å². The lowest BCUT2D eigenvalue weighted by Gasteiger charge is -2.17. The molecule has 1 atom stereocenters. The molecule has 0 radical (unpaired) electrons. The summed E-state index contributed by atoms with van der Waals surface area (Å²) >= 11 is 0. The van der Waals surface area contributed by atoms with Crippen LogP contribution in [0.25, 0.3) is 0 Å². The predicted octanol–water partition coefficient (Wildman–Crippen LogP) is 2.36. The molecule has 3 rings (SSSR count). The Morgan fingerprint density at radius 1 is 1.24 bits per heavy atom. The highest BCUT2D eigenvalue weighted by molar-refractivity contribution is 5.98. The fourth-order valence-electron chi connectivity index (χ4n) is 4.01. The van der Waals surface area contributed by atoms with Gasteiger partial charge in [-0.2, -0.15) is 0 Å². The molecular weight excluding hydrogens is 424 g/mol. The highest BCUT2D eigenvalue weighted by atomic mass is 16.5. The third-order valence-electron chi connectivity index (χ3n) is 5.73. The smallest absolute Gasteiger partial charge is 0.326 e. The number of nitrogens with one attached hydrogen (secondary N) is 3. The van der Waals surface area contributed by atoms with Gasteiger partial charge in [0.1, 0.15) is 11.9 Å². The van der Waals surface area contributed by atoms with Gasteiger partial charge in [0.15, 0.2) is 0 Å². The first-order chi connectivity index (χ1) is 15.8. The van der Waals surface area contributed by atoms with Crippen LogP contribution in [0.1, 0.15) is 58.6 Å². The number of carbonyl (C=O) groups excluding carboxylic acids is 1. The molecule has 0 aliphatic carbocycles. The monoisotopic (exact) mass is 456 g/mol. The lowest BCUT2D eigenvalue weighted by molar-refractivity contribution is -0.139. The maximum atomic E-state index is 12.6. The van der Waals surface area contributed by atoms with Crippen LogP contribution >= 0.6 is 0 Å². The van der Waals surface area contributed by atoms with Gasteiger partial charge in [0.2, 0.25) is 5.56 Å². The number of H-pyrrole nitrogens is 1. The number of pyridine rings is 2. The molecule has 33 heavy (non-hydrogen) atoms. The lowest BCUT2D eigenvalue weighted by Crippen LogP contribution is -2.42. The lowest BCUT2D eigenvalue weighted by atomic mass is 10.1. The molecule has 0 saturated carbocycles. The van der Waals surface area contributed by atoms with Crippen LogP contribution in [0.15, 0.2) is 23.0 Å². The number of fused-ring (bicyclic) bond motifs is 1. The molecule has 0 aromatic carbocycles. The van der Waals surface area contributed by atoms with Gasteiger partial charge in [-0.25, -0.2) is 9.78 Å². The molecule has 178 valence electrons. The Morgan fingerprint density at radius 2 is 2.06 bits per heavy atom. The van der Waals surface area contributed by atoms with Crippen LogP contribution in [-0.4, -0.2) is 52.8 Å². The first kappa shape index (κ1) is 24.4. The van der Waals surface area contributed by atoms with Crippen molar-refractivity contribution >= 4 is 17.7 Å². The van der Waals surface area contributed by atoms with Gasteiger partial charge in [-0.1, -0.05) is 6.07 Å². The summed E-state index contributed by atoms with van der Waals surface area (Å²) in [6.07, 6.45) is 5.00. The Labute approximate surface area is 193 Å². The number of carboxylic acids is 1. The van der Waals surface area contributed by atoms with Crippen molar-refractivity contribution in [1.82, 2.24) is 15.3 Å². The van der Waals surface area contributed by atoms with Crippen LogP contribution in [-0.2, 0) is 22.4 Å². The number of aryl methyl sites for hydroxylation is 4. The van der Waals surface area contributed by atoms with Crippen molar-refractivity contribution in [1.29, 1.82) is 0 Å². The highest BCUT2D eigenvalue weighted by Gasteiger charge is 2.22. The number of amides is 1. The molecule has 0 saturated heterocycles. The molecule has 2 aromatic heterocycles. The van der Waals surface area contributed by atoms with E-state index in [0.29, 0.717) is 17.9 Å². The summed E-state index contributed by atoms with van der Waals surface area (Å²) in [5.41, 5.74) is 3.22. The number of rotatable bonds is 11. The normalized spacial score (nSPS) is 13.6. The number of ether oxygens (including phenoxy) is 1. The van der Waals surface area contributed by atoms with Crippen LogP contribution in [0.4, 0.5) is 5.82 Å². The third kappa shape index (κ3) is 6.89. The molecule has 2 aromatic rings. The fraction of sp³-hybridized carbons (Fsp3) is 0.500. The van der Waals surface area contributed by atoms with Crippen LogP contribution in [0.5, 0.6) is 0 Å². The van der Waals surface area contributed by atoms with Gasteiger partial charge in [-0.15, -0.1) is 0 Å². The van der Waals surface area contributed by atoms with E-state index in [0.717, 1.165) is 50.2 Å². The van der Waals surface area contributed by atoms with Gasteiger partial charge in [0, 0.05) is 43.6 Å². The number of nitrogens with zero attached hydrogens (tertiary/aromatic N) is 1. The van der Waals surface area contributed by atoms with Gasteiger partial charge in [0.05, 0.1) is 5.56 Å². The second kappa shape index (κ2) is 11.6. The van der Waals surface area contributed by atoms with E-state index in [2.05, 4.69) is 32.7 Å². The minimum absolute atomic E-state index is 0.153. The largest absolute Gasteiger partial charge is 0.480 e. The molecule has 1 amide bonds. The number of carbonyl (C=O) groups is 2. The maximum absolute atomic E-state index is 12.6. The Hall–Kier alpha value is -3.20. The van der Waals surface area contributed by atoms with Crippen molar-refractivity contribution in [3.63, 3.8) is 0 Å². The Bertz CT molecular complexity index is 1020. The third-order valence-corrected chi connectivity index (χ3v) is 5.73. The molecule has 0 spiro atoms. The van der Waals surface area contributed by atoms with E-state index in [1.807, 2.05) is 0 Å². The molecule has 9 nitrogen and oxygen atoms in total. The van der Waals surface area contributed by atoms with Crippen LogP contribution in [0.3, 0.4) is 0 Å². The summed E-state index contributed by atoms with van der Waals surface area (Å²) in [5.74, 6) is -0.650. The van der Waals surface area contributed by atoms with Crippen molar-refractivity contribution in [3.8, 4) is 0 Å². The van der Waals surface area contributed by atoms with E-state index in [1.54, 1.807) is 13.8 Å². The Morgan fingerprint density at radius 3 is 2.82 bits per heavy atom. The van der Waals surface area contributed by atoms with Crippen LogP contribution in [0.2, 0.25) is 0 Å². The molecule has 1 aliphatic heterocycles. The number of aromatic nitrogens is 2. The Balaban J connectivity index is 1.38. The molecule has 4 N–H and O–H groups in total. The number of unbranched alkanes of at least 4 members (excludes halogenated alkanes) is 1. The van der Waals surface area contributed by atoms with E-state index in [-0.39, 0.29) is 24.2 Å². The van der Waals surface area contributed by atoms with Crippen molar-refractivity contribution in [3.05, 3.63) is 56.6 Å². The van der Waals surface area contributed by atoms with Crippen molar-refractivity contribution in [2.24, 2.45) is 0 Å². The van der Waals surface area contributed by atoms with Crippen molar-refractivity contribution < 1.29 is 19.4 Å². The van der Waals surface area contributed by atoms with Gasteiger partial charge in [-0.3, -0.25) is 9.59 Å². The maximum Gasteiger partial charge on any atom is 0.326 e. The molecule has 0 fully saturated rings. The second-order valence-corrected chi connectivity index (χ2v) is 8.38. The van der Waals surface area contributed by atoms with Gasteiger partial charge in [-0.05, 0) is 63.1 Å². The summed E-state index contributed by atoms with van der Waals surface area (Å²) < 4.78 is 5.60. The predicted molar refractivity (Wildman–Crippen MR) is 125 cm³/mol. The summed E-state index contributed by atoms with van der Waals surface area (Å²) in [5, 5.41) is 15.3. The number of hydrogen-bond donors (Lipinski definition) is 4. The SMILES string of the molecule is Cc1cc(=O)[nH]c(C)c1C(=O)NC(CCOCCCCc1ccc2c(n1)NCCC2)C(=O)O. The summed E-state index contributed by atoms with van der Waals surface area (Å²) in [4.78, 5) is 42.9. The molecule has 0 bridgehead atoms. The number of aromatic amines is 1. The van der Waals surface area contributed by atoms with E-state index < -0.39 is 17.9 Å². The van der Waals surface area contributed by atoms with E-state index >= 15 is 0 Å². The first-order valence-corrected chi connectivity index (χ1v) is 11.4. The summed E-state index contributed by atoms with van der Waals surface area (Å²) in [6.45, 7) is 4.97. The number of carboxylic acid groups (broad SMARTS) is 1. The Kier molecular flexibility index (Phi) is 8.59. The number of aliphatic carboxylic acids is 1. The molecule has 1 unspecified atom stereocenters. The second-order valence-electron chi connectivity index (χ2n) is 8.38. The zero-order valence-electron chi connectivity index (χ0n) is 19.2. The fourth-order valence-corrected chi connectivity index (χ4v) is 4.01. The molecule has 9 heteroatoms. The average Bonchev–Trinajstić information content (AvgIpc) is 2.76. The molecular formula is C24H32N4O5. The topological polar surface area (TPSA) is 133 Å². The zero-order valence-corrected chi connectivity index (χ0v) is 19.2. The number of hydrogen-bond acceptors (Lipinski definition) is 6. The van der Waals surface area contributed by atoms with Crippen LogP contribution < -0.4 is 16.2 Å². The minimum Gasteiger partial charge on any atom is -0.480 e. The zero-order chi connectivity index (χ0) is 23.8. The quantitative estimate of drug-likeness (QED) is 0.381.